The monoisotopic (exact) mass is 417 g/mol. The van der Waals surface area contributed by atoms with Crippen LogP contribution >= 0.6 is 11.8 Å². The van der Waals surface area contributed by atoms with Crippen molar-refractivity contribution in [3.8, 4) is 5.75 Å². The van der Waals surface area contributed by atoms with Gasteiger partial charge in [-0.15, -0.1) is 11.8 Å². The fourth-order valence-electron chi connectivity index (χ4n) is 3.33. The molecule has 0 unspecified atom stereocenters. The molecule has 0 aliphatic heterocycles. The summed E-state index contributed by atoms with van der Waals surface area (Å²) in [7, 11) is 1.60. The third-order valence-electron chi connectivity index (χ3n) is 4.93. The number of hydrogen-bond acceptors (Lipinski definition) is 5. The highest BCUT2D eigenvalue weighted by molar-refractivity contribution is 8.00. The normalized spacial score (nSPS) is 13.3. The van der Waals surface area contributed by atoms with Crippen molar-refractivity contribution in [2.75, 3.05) is 12.4 Å². The van der Waals surface area contributed by atoms with Crippen LogP contribution in [0.25, 0.3) is 0 Å². The Morgan fingerprint density at radius 1 is 0.867 bits per heavy atom. The highest BCUT2D eigenvalue weighted by Crippen LogP contribution is 2.30. The second-order valence-corrected chi connectivity index (χ2v) is 8.30. The molecule has 3 aromatic carbocycles. The number of ketones is 2. The van der Waals surface area contributed by atoms with Crippen molar-refractivity contribution >= 4 is 34.9 Å². The highest BCUT2D eigenvalue weighted by atomic mass is 32.2. The van der Waals surface area contributed by atoms with Gasteiger partial charge in [0.2, 0.25) is 5.91 Å². The van der Waals surface area contributed by atoms with Gasteiger partial charge < -0.3 is 10.1 Å². The minimum atomic E-state index is -0.354. The van der Waals surface area contributed by atoms with Gasteiger partial charge in [0.1, 0.15) is 5.75 Å². The van der Waals surface area contributed by atoms with Crippen molar-refractivity contribution in [1.29, 1.82) is 0 Å². The number of amides is 1. The number of hydrogen-bond donors (Lipinski definition) is 1. The summed E-state index contributed by atoms with van der Waals surface area (Å²) in [5.41, 5.74) is 1.96. The summed E-state index contributed by atoms with van der Waals surface area (Å²) in [4.78, 5) is 39.1. The number of carbonyl (C=O) groups is 3. The van der Waals surface area contributed by atoms with Gasteiger partial charge in [-0.05, 0) is 49.4 Å². The summed E-state index contributed by atoms with van der Waals surface area (Å²) >= 11 is 1.42. The van der Waals surface area contributed by atoms with E-state index in [4.69, 9.17) is 4.74 Å². The van der Waals surface area contributed by atoms with Crippen LogP contribution in [0.2, 0.25) is 0 Å². The van der Waals surface area contributed by atoms with E-state index in [0.717, 1.165) is 10.6 Å². The van der Waals surface area contributed by atoms with E-state index in [-0.39, 0.29) is 22.7 Å². The summed E-state index contributed by atoms with van der Waals surface area (Å²) < 4.78 is 5.14. The van der Waals surface area contributed by atoms with Crippen molar-refractivity contribution < 1.29 is 19.1 Å². The summed E-state index contributed by atoms with van der Waals surface area (Å²) in [5, 5.41) is 2.49. The van der Waals surface area contributed by atoms with Crippen LogP contribution in [0.3, 0.4) is 0 Å². The molecule has 0 saturated carbocycles. The van der Waals surface area contributed by atoms with Gasteiger partial charge in [-0.25, -0.2) is 0 Å². The summed E-state index contributed by atoms with van der Waals surface area (Å²) in [6.07, 6.45) is 0. The number of ether oxygens (including phenoxy) is 1. The van der Waals surface area contributed by atoms with Crippen LogP contribution in [0, 0.1) is 0 Å². The second kappa shape index (κ2) is 8.16. The minimum absolute atomic E-state index is 0.179. The van der Waals surface area contributed by atoms with E-state index in [1.807, 2.05) is 31.2 Å². The van der Waals surface area contributed by atoms with Crippen LogP contribution in [0.1, 0.15) is 38.8 Å². The van der Waals surface area contributed by atoms with E-state index < -0.39 is 0 Å². The Morgan fingerprint density at radius 2 is 1.47 bits per heavy atom. The van der Waals surface area contributed by atoms with E-state index >= 15 is 0 Å². The maximum absolute atomic E-state index is 12.8. The molecule has 0 bridgehead atoms. The molecule has 5 nitrogen and oxygen atoms in total. The van der Waals surface area contributed by atoms with Crippen molar-refractivity contribution in [1.82, 2.24) is 0 Å². The highest BCUT2D eigenvalue weighted by Gasteiger charge is 2.29. The lowest BCUT2D eigenvalue weighted by atomic mass is 9.84. The third-order valence-corrected chi connectivity index (χ3v) is 6.05. The van der Waals surface area contributed by atoms with Gasteiger partial charge >= 0.3 is 0 Å². The van der Waals surface area contributed by atoms with Crippen LogP contribution in [0.15, 0.2) is 71.6 Å². The Bertz CT molecular complexity index is 1150. The van der Waals surface area contributed by atoms with Gasteiger partial charge in [0.25, 0.3) is 0 Å². The Morgan fingerprint density at radius 3 is 2.10 bits per heavy atom. The summed E-state index contributed by atoms with van der Waals surface area (Å²) in [5.74, 6) is 0.176. The third kappa shape index (κ3) is 3.74. The molecular weight excluding hydrogens is 398 g/mol. The molecule has 0 aromatic heterocycles. The van der Waals surface area contributed by atoms with Crippen molar-refractivity contribution in [3.05, 3.63) is 89.0 Å². The number of nitrogens with one attached hydrogen (secondary N) is 1. The van der Waals surface area contributed by atoms with Crippen molar-refractivity contribution in [3.63, 3.8) is 0 Å². The van der Waals surface area contributed by atoms with Crippen LogP contribution in [0.5, 0.6) is 5.75 Å². The van der Waals surface area contributed by atoms with Crippen LogP contribution in [0.4, 0.5) is 5.69 Å². The second-order valence-electron chi connectivity index (χ2n) is 6.89. The lowest BCUT2D eigenvalue weighted by molar-refractivity contribution is -0.115. The van der Waals surface area contributed by atoms with E-state index in [1.165, 1.54) is 11.8 Å². The topological polar surface area (TPSA) is 72.5 Å². The number of fused-ring (bicyclic) bond motifs is 2. The number of thioether (sulfide) groups is 1. The maximum atomic E-state index is 12.8. The van der Waals surface area contributed by atoms with Gasteiger partial charge in [0.05, 0.1) is 12.4 Å². The van der Waals surface area contributed by atoms with Gasteiger partial charge in [0.15, 0.2) is 11.6 Å². The summed E-state index contributed by atoms with van der Waals surface area (Å²) in [6, 6.07) is 19.1. The molecule has 30 heavy (non-hydrogen) atoms. The average Bonchev–Trinajstić information content (AvgIpc) is 2.78. The van der Waals surface area contributed by atoms with Crippen LogP contribution in [-0.2, 0) is 4.79 Å². The zero-order chi connectivity index (χ0) is 21.3. The zero-order valence-electron chi connectivity index (χ0n) is 16.5. The lowest BCUT2D eigenvalue weighted by Gasteiger charge is -2.19. The Labute approximate surface area is 178 Å². The molecule has 3 aromatic rings. The first-order valence-electron chi connectivity index (χ1n) is 9.42. The predicted octanol–water partition coefficient (Wildman–Crippen LogP) is 4.59. The molecule has 0 fully saturated rings. The molecule has 1 atom stereocenters. The average molecular weight is 417 g/mol. The minimum Gasteiger partial charge on any atom is -0.497 e. The number of methoxy groups -OCH3 is 1. The molecule has 1 aliphatic carbocycles. The predicted molar refractivity (Wildman–Crippen MR) is 117 cm³/mol. The fourth-order valence-corrected chi connectivity index (χ4v) is 4.20. The molecule has 0 spiro atoms. The lowest BCUT2D eigenvalue weighted by Crippen LogP contribution is -2.24. The van der Waals surface area contributed by atoms with Gasteiger partial charge in [-0.3, -0.25) is 14.4 Å². The first-order valence-corrected chi connectivity index (χ1v) is 10.3. The Balaban J connectivity index is 1.50. The van der Waals surface area contributed by atoms with E-state index in [9.17, 15) is 14.4 Å². The zero-order valence-corrected chi connectivity index (χ0v) is 17.3. The van der Waals surface area contributed by atoms with Gasteiger partial charge in [0, 0.05) is 32.8 Å². The van der Waals surface area contributed by atoms with Crippen LogP contribution in [-0.4, -0.2) is 29.8 Å². The molecule has 1 amide bonds. The molecule has 6 heteroatoms. The molecule has 150 valence electrons. The maximum Gasteiger partial charge on any atom is 0.237 e. The first kappa shape index (κ1) is 19.9. The molecule has 0 heterocycles. The van der Waals surface area contributed by atoms with Crippen molar-refractivity contribution in [2.45, 2.75) is 17.1 Å². The van der Waals surface area contributed by atoms with Gasteiger partial charge in [-0.2, -0.15) is 0 Å². The largest absolute Gasteiger partial charge is 0.497 e. The molecule has 1 N–H and O–H groups in total. The Kier molecular flexibility index (Phi) is 5.42. The summed E-state index contributed by atoms with van der Waals surface area (Å²) in [6.45, 7) is 1.81. The van der Waals surface area contributed by atoms with Gasteiger partial charge in [-0.1, -0.05) is 24.3 Å². The van der Waals surface area contributed by atoms with E-state index in [2.05, 4.69) is 5.32 Å². The number of rotatable bonds is 5. The van der Waals surface area contributed by atoms with Crippen LogP contribution < -0.4 is 10.1 Å². The molecule has 1 aliphatic rings. The first-order chi connectivity index (χ1) is 14.5. The van der Waals surface area contributed by atoms with Crippen molar-refractivity contribution in [2.24, 2.45) is 0 Å². The molecule has 4 rings (SSSR count). The number of anilines is 1. The molecule has 0 radical (unpaired) electrons. The van der Waals surface area contributed by atoms with E-state index in [0.29, 0.717) is 27.9 Å². The Hall–Kier alpha value is -3.38. The standard InChI is InChI=1S/C24H19NO4S/c1-14(30-17-10-8-16(29-2)9-11-17)24(28)25-15-7-12-20-21(13-15)23(27)19-6-4-3-5-18(19)22(20)26/h3-14H,1-2H3,(H,25,28)/t14-/m0/s1. The number of benzene rings is 3. The quantitative estimate of drug-likeness (QED) is 0.481. The smallest absolute Gasteiger partial charge is 0.237 e. The SMILES string of the molecule is COc1ccc(S[C@@H](C)C(=O)Nc2ccc3c(c2)C(=O)c2ccccc2C3=O)cc1. The molecule has 0 saturated heterocycles. The fraction of sp³-hybridized carbons (Fsp3) is 0.125. The van der Waals surface area contributed by atoms with E-state index in [1.54, 1.807) is 49.6 Å². The molecular formula is C24H19NO4S. The number of carbonyl (C=O) groups excluding carboxylic acids is 3.